The van der Waals surface area contributed by atoms with Gasteiger partial charge in [0.25, 0.3) is 5.56 Å². The van der Waals surface area contributed by atoms with E-state index in [1.54, 1.807) is 7.05 Å². The van der Waals surface area contributed by atoms with Gasteiger partial charge < -0.3 is 24.6 Å². The fourth-order valence-corrected chi connectivity index (χ4v) is 3.60. The van der Waals surface area contributed by atoms with Gasteiger partial charge in [-0.2, -0.15) is 0 Å². The van der Waals surface area contributed by atoms with Crippen LogP contribution < -0.4 is 15.8 Å². The van der Waals surface area contributed by atoms with Crippen LogP contribution in [0.15, 0.2) is 41.5 Å². The van der Waals surface area contributed by atoms with Gasteiger partial charge in [-0.3, -0.25) is 4.79 Å². The average Bonchev–Trinajstić information content (AvgIpc) is 2.76. The van der Waals surface area contributed by atoms with Crippen LogP contribution in [-0.4, -0.2) is 56.1 Å². The Morgan fingerprint density at radius 2 is 1.93 bits per heavy atom. The second kappa shape index (κ2) is 8.86. The molecule has 1 saturated heterocycles. The molecule has 2 atom stereocenters. The molecule has 1 unspecified atom stereocenters. The lowest BCUT2D eigenvalue weighted by Gasteiger charge is -2.28. The summed E-state index contributed by atoms with van der Waals surface area (Å²) in [5.41, 5.74) is 3.18. The van der Waals surface area contributed by atoms with Gasteiger partial charge >= 0.3 is 0 Å². The van der Waals surface area contributed by atoms with E-state index in [-0.39, 0.29) is 11.6 Å². The number of pyridine rings is 1. The van der Waals surface area contributed by atoms with Gasteiger partial charge in [0, 0.05) is 31.4 Å². The van der Waals surface area contributed by atoms with Crippen molar-refractivity contribution in [2.45, 2.75) is 17.1 Å². The Balaban J connectivity index is 1.75. The lowest BCUT2D eigenvalue weighted by atomic mass is 10.1. The largest absolute Gasteiger partial charge is 0.381 e. The molecule has 0 amide bonds. The number of nitrogens with zero attached hydrogens (tertiary/aromatic N) is 4. The third-order valence-corrected chi connectivity index (χ3v) is 6.30. The molecule has 1 aliphatic rings. The number of nitrogens with one attached hydrogen (secondary N) is 1. The molecule has 158 valence electrons. The summed E-state index contributed by atoms with van der Waals surface area (Å²) >= 11 is 1.93. The standard InChI is InChI=1S/C21H24IN5O3/c1-13(19(22)28)24-20-18-17(23-12-26(2)21(18)29)11-16(25-20)14-3-5-15(6-4-14)27-7-9-30-10-8-27/h3-6,11-13,19,28H,7-10H2,1-2H3,(H,24,25)/t13-,19?/m1/s1. The molecule has 1 aromatic carbocycles. The first kappa shape index (κ1) is 21.0. The Morgan fingerprint density at radius 3 is 2.60 bits per heavy atom. The monoisotopic (exact) mass is 521 g/mol. The molecular formula is C21H24IN5O3. The molecule has 0 bridgehead atoms. The van der Waals surface area contributed by atoms with Crippen molar-refractivity contribution >= 4 is 45.0 Å². The van der Waals surface area contributed by atoms with E-state index < -0.39 is 4.11 Å². The highest BCUT2D eigenvalue weighted by molar-refractivity contribution is 14.1. The maximum Gasteiger partial charge on any atom is 0.264 e. The zero-order chi connectivity index (χ0) is 21.3. The predicted octanol–water partition coefficient (Wildman–Crippen LogP) is 2.39. The van der Waals surface area contributed by atoms with Crippen LogP contribution in [0.1, 0.15) is 6.92 Å². The van der Waals surface area contributed by atoms with E-state index in [0.717, 1.165) is 43.2 Å². The first-order chi connectivity index (χ1) is 14.4. The summed E-state index contributed by atoms with van der Waals surface area (Å²) in [6, 6.07) is 9.75. The Bertz CT molecular complexity index is 1090. The predicted molar refractivity (Wildman–Crippen MR) is 126 cm³/mol. The number of hydrogen-bond donors (Lipinski definition) is 2. The first-order valence-electron chi connectivity index (χ1n) is 9.82. The molecule has 8 nitrogen and oxygen atoms in total. The summed E-state index contributed by atoms with van der Waals surface area (Å²) in [5.74, 6) is 0.427. The van der Waals surface area contributed by atoms with Crippen molar-refractivity contribution in [2.24, 2.45) is 7.05 Å². The number of anilines is 2. The molecule has 1 fully saturated rings. The van der Waals surface area contributed by atoms with Crippen molar-refractivity contribution in [1.82, 2.24) is 14.5 Å². The van der Waals surface area contributed by atoms with Gasteiger partial charge in [0.05, 0.1) is 36.8 Å². The lowest BCUT2D eigenvalue weighted by Crippen LogP contribution is -2.36. The van der Waals surface area contributed by atoms with E-state index in [4.69, 9.17) is 9.72 Å². The maximum atomic E-state index is 12.7. The SMILES string of the molecule is C[C@@H](Nc1nc(-c2ccc(N3CCOCC3)cc2)cc2ncn(C)c(=O)c12)C(O)I. The van der Waals surface area contributed by atoms with Crippen LogP contribution in [-0.2, 0) is 11.8 Å². The maximum absolute atomic E-state index is 12.7. The minimum Gasteiger partial charge on any atom is -0.381 e. The Hall–Kier alpha value is -2.24. The zero-order valence-electron chi connectivity index (χ0n) is 16.9. The van der Waals surface area contributed by atoms with Crippen molar-refractivity contribution in [3.05, 3.63) is 47.0 Å². The van der Waals surface area contributed by atoms with Crippen LogP contribution in [0.2, 0.25) is 0 Å². The molecular weight excluding hydrogens is 497 g/mol. The molecule has 2 N–H and O–H groups in total. The molecule has 0 spiro atoms. The van der Waals surface area contributed by atoms with Crippen LogP contribution in [0.3, 0.4) is 0 Å². The number of fused-ring (bicyclic) bond motifs is 1. The third kappa shape index (κ3) is 4.28. The van der Waals surface area contributed by atoms with Gasteiger partial charge in [0.2, 0.25) is 0 Å². The van der Waals surface area contributed by atoms with Crippen molar-refractivity contribution in [3.63, 3.8) is 0 Å². The fourth-order valence-electron chi connectivity index (χ4n) is 3.42. The number of alkyl halides is 1. The van der Waals surface area contributed by atoms with E-state index >= 15 is 0 Å². The summed E-state index contributed by atoms with van der Waals surface area (Å²) in [5, 5.41) is 13.5. The number of morpholine rings is 1. The van der Waals surface area contributed by atoms with Crippen molar-refractivity contribution in [2.75, 3.05) is 36.5 Å². The topological polar surface area (TPSA) is 92.5 Å². The van der Waals surface area contributed by atoms with Crippen LogP contribution >= 0.6 is 22.6 Å². The third-order valence-electron chi connectivity index (χ3n) is 5.22. The highest BCUT2D eigenvalue weighted by Crippen LogP contribution is 2.27. The second-order valence-corrected chi connectivity index (χ2v) is 8.64. The van der Waals surface area contributed by atoms with Gasteiger partial charge in [0.15, 0.2) is 0 Å². The number of halogens is 1. The Morgan fingerprint density at radius 1 is 1.23 bits per heavy atom. The molecule has 2 aromatic heterocycles. The molecule has 9 heteroatoms. The van der Waals surface area contributed by atoms with Crippen LogP contribution in [0, 0.1) is 0 Å². The van der Waals surface area contributed by atoms with Crippen molar-refractivity contribution in [3.8, 4) is 11.3 Å². The normalized spacial score (nSPS) is 16.5. The summed E-state index contributed by atoms with van der Waals surface area (Å²) < 4.78 is 6.22. The number of aliphatic hydroxyl groups is 1. The lowest BCUT2D eigenvalue weighted by molar-refractivity contribution is 0.122. The minimum absolute atomic E-state index is 0.181. The second-order valence-electron chi connectivity index (χ2n) is 7.36. The number of hydrogen-bond acceptors (Lipinski definition) is 7. The van der Waals surface area contributed by atoms with Gasteiger partial charge in [-0.25, -0.2) is 9.97 Å². The number of aliphatic hydroxyl groups excluding tert-OH is 1. The van der Waals surface area contributed by atoms with E-state index in [9.17, 15) is 9.90 Å². The fraction of sp³-hybridized carbons (Fsp3) is 0.381. The minimum atomic E-state index is -0.628. The Kier molecular flexibility index (Phi) is 6.21. The molecule has 1 aliphatic heterocycles. The van der Waals surface area contributed by atoms with Crippen LogP contribution in [0.4, 0.5) is 11.5 Å². The number of aromatic nitrogens is 3. The summed E-state index contributed by atoms with van der Waals surface area (Å²) in [4.78, 5) is 24.2. The van der Waals surface area contributed by atoms with Crippen molar-refractivity contribution < 1.29 is 9.84 Å². The van der Waals surface area contributed by atoms with Gasteiger partial charge in [-0.15, -0.1) is 0 Å². The molecule has 30 heavy (non-hydrogen) atoms. The van der Waals surface area contributed by atoms with E-state index in [0.29, 0.717) is 16.7 Å². The number of aryl methyl sites for hydroxylation is 1. The van der Waals surface area contributed by atoms with Crippen molar-refractivity contribution in [1.29, 1.82) is 0 Å². The molecule has 3 heterocycles. The average molecular weight is 521 g/mol. The molecule has 0 aliphatic carbocycles. The molecule has 0 radical (unpaired) electrons. The molecule has 0 saturated carbocycles. The molecule has 4 rings (SSSR count). The summed E-state index contributed by atoms with van der Waals surface area (Å²) in [7, 11) is 1.66. The zero-order valence-corrected chi connectivity index (χ0v) is 19.0. The number of benzene rings is 1. The highest BCUT2D eigenvalue weighted by Gasteiger charge is 2.18. The number of rotatable bonds is 5. The van der Waals surface area contributed by atoms with Crippen LogP contribution in [0.25, 0.3) is 22.2 Å². The van der Waals surface area contributed by atoms with Crippen LogP contribution in [0.5, 0.6) is 0 Å². The quantitative estimate of drug-likeness (QED) is 0.394. The Labute approximate surface area is 188 Å². The van der Waals surface area contributed by atoms with Gasteiger partial charge in [0.1, 0.15) is 15.3 Å². The van der Waals surface area contributed by atoms with E-state index in [1.807, 2.05) is 47.7 Å². The first-order valence-corrected chi connectivity index (χ1v) is 11.1. The molecule has 3 aromatic rings. The van der Waals surface area contributed by atoms with E-state index in [2.05, 4.69) is 27.3 Å². The smallest absolute Gasteiger partial charge is 0.264 e. The summed E-state index contributed by atoms with van der Waals surface area (Å²) in [6.45, 7) is 5.08. The number of ether oxygens (including phenoxy) is 1. The van der Waals surface area contributed by atoms with Gasteiger partial charge in [-0.05, 0) is 47.7 Å². The summed E-state index contributed by atoms with van der Waals surface area (Å²) in [6.07, 6.45) is 1.51. The van der Waals surface area contributed by atoms with E-state index in [1.165, 1.54) is 10.9 Å². The van der Waals surface area contributed by atoms with Gasteiger partial charge in [-0.1, -0.05) is 12.1 Å². The highest BCUT2D eigenvalue weighted by atomic mass is 127.